The highest BCUT2D eigenvalue weighted by molar-refractivity contribution is 6.05. The standard InChI is InChI=1S/C27H27N5O3/c28-17-19-8-10-20(11-9-19)18-30-12-14-31(15-13-30)26(34)21-4-3-5-22(16-21)32-27(35)24-7-2-1-6-23(24)25(33)29-32/h1-5,8-11,16,23-24H,6-7,12-15,18H2,(H,29,33). The van der Waals surface area contributed by atoms with Gasteiger partial charge in [-0.2, -0.15) is 5.26 Å². The molecule has 0 radical (unpaired) electrons. The number of allylic oxidation sites excluding steroid dienone is 2. The second-order valence-electron chi connectivity index (χ2n) is 9.23. The largest absolute Gasteiger partial charge is 0.336 e. The van der Waals surface area contributed by atoms with Crippen LogP contribution in [0.25, 0.3) is 0 Å². The number of hydrogen-bond acceptors (Lipinski definition) is 5. The van der Waals surface area contributed by atoms with Crippen LogP contribution in [0.4, 0.5) is 5.69 Å². The first-order chi connectivity index (χ1) is 17.0. The Balaban J connectivity index is 1.22. The minimum atomic E-state index is -0.364. The van der Waals surface area contributed by atoms with E-state index in [4.69, 9.17) is 5.26 Å². The molecule has 2 saturated heterocycles. The molecule has 8 heteroatoms. The first-order valence-electron chi connectivity index (χ1n) is 11.9. The Bertz CT molecular complexity index is 1210. The molecule has 5 rings (SSSR count). The molecule has 2 heterocycles. The molecule has 2 fully saturated rings. The van der Waals surface area contributed by atoms with Crippen LogP contribution in [0.1, 0.15) is 34.3 Å². The van der Waals surface area contributed by atoms with Gasteiger partial charge < -0.3 is 4.90 Å². The molecule has 2 aliphatic heterocycles. The average Bonchev–Trinajstić information content (AvgIpc) is 2.91. The van der Waals surface area contributed by atoms with Crippen molar-refractivity contribution in [1.82, 2.24) is 15.2 Å². The molecule has 2 atom stereocenters. The van der Waals surface area contributed by atoms with Gasteiger partial charge in [-0.05, 0) is 48.7 Å². The van der Waals surface area contributed by atoms with Gasteiger partial charge in [-0.25, -0.2) is 5.01 Å². The first-order valence-corrected chi connectivity index (χ1v) is 11.9. The molecule has 8 nitrogen and oxygen atoms in total. The number of carbonyl (C=O) groups excluding carboxylic acids is 3. The van der Waals surface area contributed by atoms with Gasteiger partial charge in [0.2, 0.25) is 11.8 Å². The van der Waals surface area contributed by atoms with Crippen LogP contribution < -0.4 is 10.4 Å². The molecule has 2 unspecified atom stereocenters. The van der Waals surface area contributed by atoms with Crippen LogP contribution in [-0.2, 0) is 16.1 Å². The minimum absolute atomic E-state index is 0.0841. The molecule has 3 amide bonds. The number of nitriles is 1. The lowest BCUT2D eigenvalue weighted by molar-refractivity contribution is -0.139. The molecular weight excluding hydrogens is 442 g/mol. The second kappa shape index (κ2) is 9.72. The fraction of sp³-hybridized carbons (Fsp3) is 0.333. The van der Waals surface area contributed by atoms with E-state index in [1.54, 1.807) is 24.3 Å². The Morgan fingerprint density at radius 1 is 0.971 bits per heavy atom. The van der Waals surface area contributed by atoms with Gasteiger partial charge in [-0.3, -0.25) is 24.7 Å². The van der Waals surface area contributed by atoms with Gasteiger partial charge in [-0.15, -0.1) is 0 Å². The number of nitrogens with one attached hydrogen (secondary N) is 1. The molecule has 2 aromatic carbocycles. The van der Waals surface area contributed by atoms with Crippen molar-refractivity contribution in [1.29, 1.82) is 5.26 Å². The quantitative estimate of drug-likeness (QED) is 0.694. The topological polar surface area (TPSA) is 96.8 Å². The van der Waals surface area contributed by atoms with Crippen LogP contribution in [-0.4, -0.2) is 53.7 Å². The predicted octanol–water partition coefficient (Wildman–Crippen LogP) is 2.48. The van der Waals surface area contributed by atoms with Crippen molar-refractivity contribution in [2.24, 2.45) is 11.8 Å². The Kier molecular flexibility index (Phi) is 6.34. The molecule has 0 spiro atoms. The summed E-state index contributed by atoms with van der Waals surface area (Å²) in [6, 6.07) is 16.6. The summed E-state index contributed by atoms with van der Waals surface area (Å²) in [6.07, 6.45) is 5.04. The third-order valence-corrected chi connectivity index (χ3v) is 7.03. The van der Waals surface area contributed by atoms with E-state index in [1.807, 2.05) is 41.3 Å². The molecular formula is C27H27N5O3. The maximum Gasteiger partial charge on any atom is 0.254 e. The van der Waals surface area contributed by atoms with Gasteiger partial charge >= 0.3 is 0 Å². The predicted molar refractivity (Wildman–Crippen MR) is 130 cm³/mol. The zero-order valence-corrected chi connectivity index (χ0v) is 19.4. The third kappa shape index (κ3) is 4.68. The summed E-state index contributed by atoms with van der Waals surface area (Å²) in [6.45, 7) is 3.49. The van der Waals surface area contributed by atoms with Crippen LogP contribution in [0.2, 0.25) is 0 Å². The van der Waals surface area contributed by atoms with Crippen LogP contribution >= 0.6 is 0 Å². The summed E-state index contributed by atoms with van der Waals surface area (Å²) in [5.41, 5.74) is 5.51. The number of amides is 3. The maximum atomic E-state index is 13.2. The molecule has 35 heavy (non-hydrogen) atoms. The lowest BCUT2D eigenvalue weighted by atomic mass is 9.80. The summed E-state index contributed by atoms with van der Waals surface area (Å²) in [4.78, 5) is 43.0. The van der Waals surface area contributed by atoms with Gasteiger partial charge in [-0.1, -0.05) is 30.4 Å². The second-order valence-corrected chi connectivity index (χ2v) is 9.23. The SMILES string of the molecule is N#Cc1ccc(CN2CCN(C(=O)c3cccc(N4NC(=O)C5CC=CCC5C4=O)c3)CC2)cc1. The minimum Gasteiger partial charge on any atom is -0.336 e. The molecule has 3 aliphatic rings. The number of anilines is 1. The van der Waals surface area contributed by atoms with E-state index in [2.05, 4.69) is 16.4 Å². The fourth-order valence-electron chi connectivity index (χ4n) is 5.00. The Labute approximate surface area is 204 Å². The average molecular weight is 470 g/mol. The van der Waals surface area contributed by atoms with E-state index in [-0.39, 0.29) is 29.6 Å². The number of nitrogens with zero attached hydrogens (tertiary/aromatic N) is 4. The summed E-state index contributed by atoms with van der Waals surface area (Å²) in [7, 11) is 0. The van der Waals surface area contributed by atoms with Gasteiger partial charge in [0, 0.05) is 38.3 Å². The van der Waals surface area contributed by atoms with Crippen LogP contribution in [0.3, 0.4) is 0 Å². The normalized spacial score (nSPS) is 22.4. The van der Waals surface area contributed by atoms with Crippen molar-refractivity contribution in [2.75, 3.05) is 31.2 Å². The van der Waals surface area contributed by atoms with E-state index in [1.165, 1.54) is 5.01 Å². The van der Waals surface area contributed by atoms with Crippen molar-refractivity contribution in [3.63, 3.8) is 0 Å². The number of piperazine rings is 1. The van der Waals surface area contributed by atoms with Gasteiger partial charge in [0.05, 0.1) is 29.2 Å². The van der Waals surface area contributed by atoms with E-state index >= 15 is 0 Å². The lowest BCUT2D eigenvalue weighted by Gasteiger charge is -2.38. The van der Waals surface area contributed by atoms with Crippen molar-refractivity contribution in [3.05, 3.63) is 77.4 Å². The smallest absolute Gasteiger partial charge is 0.254 e. The highest BCUT2D eigenvalue weighted by Crippen LogP contribution is 2.32. The van der Waals surface area contributed by atoms with Crippen LogP contribution in [0, 0.1) is 23.2 Å². The molecule has 0 saturated carbocycles. The number of rotatable bonds is 4. The Morgan fingerprint density at radius 3 is 2.40 bits per heavy atom. The number of carbonyl (C=O) groups is 3. The van der Waals surface area contributed by atoms with Crippen molar-refractivity contribution >= 4 is 23.4 Å². The van der Waals surface area contributed by atoms with E-state index < -0.39 is 0 Å². The van der Waals surface area contributed by atoms with Crippen LogP contribution in [0.15, 0.2) is 60.7 Å². The third-order valence-electron chi connectivity index (χ3n) is 7.03. The van der Waals surface area contributed by atoms with E-state index in [9.17, 15) is 14.4 Å². The summed E-state index contributed by atoms with van der Waals surface area (Å²) >= 11 is 0. The molecule has 0 bridgehead atoms. The number of fused-ring (bicyclic) bond motifs is 1. The number of benzene rings is 2. The molecule has 1 N–H and O–H groups in total. The van der Waals surface area contributed by atoms with Crippen molar-refractivity contribution in [2.45, 2.75) is 19.4 Å². The Hall–Kier alpha value is -3.96. The molecule has 0 aromatic heterocycles. The van der Waals surface area contributed by atoms with Gasteiger partial charge in [0.15, 0.2) is 0 Å². The van der Waals surface area contributed by atoms with Gasteiger partial charge in [0.1, 0.15) is 0 Å². The monoisotopic (exact) mass is 469 g/mol. The summed E-state index contributed by atoms with van der Waals surface area (Å²) < 4.78 is 0. The zero-order valence-electron chi connectivity index (χ0n) is 19.4. The zero-order chi connectivity index (χ0) is 24.4. The highest BCUT2D eigenvalue weighted by Gasteiger charge is 2.42. The first kappa shape index (κ1) is 22.8. The highest BCUT2D eigenvalue weighted by atomic mass is 16.2. The lowest BCUT2D eigenvalue weighted by Crippen LogP contribution is -2.59. The van der Waals surface area contributed by atoms with Crippen molar-refractivity contribution < 1.29 is 14.4 Å². The molecule has 1 aliphatic carbocycles. The summed E-state index contributed by atoms with van der Waals surface area (Å²) in [5, 5.41) is 10.2. The Morgan fingerprint density at radius 2 is 1.69 bits per heavy atom. The molecule has 178 valence electrons. The van der Waals surface area contributed by atoms with Crippen molar-refractivity contribution in [3.8, 4) is 6.07 Å². The number of hydrogen-bond donors (Lipinski definition) is 1. The summed E-state index contributed by atoms with van der Waals surface area (Å²) in [5.74, 6) is -1.07. The fourth-order valence-corrected chi connectivity index (χ4v) is 5.00. The van der Waals surface area contributed by atoms with Gasteiger partial charge in [0.25, 0.3) is 5.91 Å². The number of hydrazine groups is 1. The maximum absolute atomic E-state index is 13.2. The van der Waals surface area contributed by atoms with E-state index in [0.717, 1.165) is 25.2 Å². The van der Waals surface area contributed by atoms with E-state index in [0.29, 0.717) is 42.7 Å². The molecule has 2 aromatic rings. The van der Waals surface area contributed by atoms with Crippen LogP contribution in [0.5, 0.6) is 0 Å².